The number of thiazole rings is 1. The zero-order valence-corrected chi connectivity index (χ0v) is 7.03. The molecule has 0 aromatic carbocycles. The summed E-state index contributed by atoms with van der Waals surface area (Å²) in [5.74, 6) is 0. The fraction of sp³-hybridized carbons (Fsp3) is 0.143. The van der Waals surface area contributed by atoms with Gasteiger partial charge in [-0.1, -0.05) is 0 Å². The van der Waals surface area contributed by atoms with E-state index in [9.17, 15) is 0 Å². The molecule has 4 nitrogen and oxygen atoms in total. The molecule has 0 radical (unpaired) electrons. The first kappa shape index (κ1) is 7.45. The van der Waals surface area contributed by atoms with Crippen LogP contribution in [0.5, 0.6) is 0 Å². The average molecular weight is 181 g/mol. The third kappa shape index (κ3) is 1.24. The SMILES string of the molecule is OCc1csc(-n2cccn2)n1. The second-order valence-corrected chi connectivity index (χ2v) is 3.07. The highest BCUT2D eigenvalue weighted by Crippen LogP contribution is 2.13. The van der Waals surface area contributed by atoms with Crippen molar-refractivity contribution < 1.29 is 5.11 Å². The molecule has 2 aromatic heterocycles. The van der Waals surface area contributed by atoms with E-state index in [-0.39, 0.29) is 6.61 Å². The quantitative estimate of drug-likeness (QED) is 0.746. The lowest BCUT2D eigenvalue weighted by Crippen LogP contribution is -1.93. The van der Waals surface area contributed by atoms with Gasteiger partial charge in [-0.25, -0.2) is 9.67 Å². The normalized spacial score (nSPS) is 10.4. The molecule has 62 valence electrons. The Morgan fingerprint density at radius 1 is 1.58 bits per heavy atom. The molecule has 0 fully saturated rings. The van der Waals surface area contributed by atoms with Gasteiger partial charge in [0.05, 0.1) is 12.3 Å². The van der Waals surface area contributed by atoms with Crippen molar-refractivity contribution in [3.8, 4) is 5.13 Å². The van der Waals surface area contributed by atoms with Crippen LogP contribution in [0.1, 0.15) is 5.69 Å². The summed E-state index contributed by atoms with van der Waals surface area (Å²) < 4.78 is 1.67. The van der Waals surface area contributed by atoms with Crippen LogP contribution in [-0.4, -0.2) is 19.9 Å². The standard InChI is InChI=1S/C7H7N3OS/c11-4-6-5-12-7(9-6)10-3-1-2-8-10/h1-3,5,11H,4H2. The molecule has 0 amide bonds. The molecule has 2 aromatic rings. The lowest BCUT2D eigenvalue weighted by Gasteiger charge is -1.91. The molecule has 5 heteroatoms. The van der Waals surface area contributed by atoms with Crippen molar-refractivity contribution in [2.45, 2.75) is 6.61 Å². The molecule has 0 spiro atoms. The highest BCUT2D eigenvalue weighted by atomic mass is 32.1. The van der Waals surface area contributed by atoms with Crippen molar-refractivity contribution in [3.63, 3.8) is 0 Å². The summed E-state index contributed by atoms with van der Waals surface area (Å²) in [4.78, 5) is 4.14. The zero-order valence-electron chi connectivity index (χ0n) is 6.21. The van der Waals surface area contributed by atoms with Gasteiger partial charge in [0.25, 0.3) is 0 Å². The van der Waals surface area contributed by atoms with Crippen LogP contribution in [0.4, 0.5) is 0 Å². The van der Waals surface area contributed by atoms with Crippen molar-refractivity contribution >= 4 is 11.3 Å². The molecular weight excluding hydrogens is 174 g/mol. The lowest BCUT2D eigenvalue weighted by atomic mass is 10.5. The van der Waals surface area contributed by atoms with E-state index in [2.05, 4.69) is 10.1 Å². The van der Waals surface area contributed by atoms with Crippen molar-refractivity contribution in [1.29, 1.82) is 0 Å². The first-order valence-electron chi connectivity index (χ1n) is 3.45. The minimum Gasteiger partial charge on any atom is -0.390 e. The van der Waals surface area contributed by atoms with E-state index < -0.39 is 0 Å². The fourth-order valence-electron chi connectivity index (χ4n) is 0.856. The number of hydrogen-bond acceptors (Lipinski definition) is 4. The third-order valence-corrected chi connectivity index (χ3v) is 2.28. The first-order valence-corrected chi connectivity index (χ1v) is 4.33. The molecule has 2 heterocycles. The first-order chi connectivity index (χ1) is 5.90. The molecular formula is C7H7N3OS. The topological polar surface area (TPSA) is 50.9 Å². The smallest absolute Gasteiger partial charge is 0.210 e. The highest BCUT2D eigenvalue weighted by molar-refractivity contribution is 7.12. The second-order valence-electron chi connectivity index (χ2n) is 2.23. The molecule has 12 heavy (non-hydrogen) atoms. The minimum absolute atomic E-state index is 0.0161. The maximum atomic E-state index is 8.76. The van der Waals surface area contributed by atoms with Gasteiger partial charge < -0.3 is 5.11 Å². The van der Waals surface area contributed by atoms with Gasteiger partial charge in [0.15, 0.2) is 0 Å². The van der Waals surface area contributed by atoms with E-state index >= 15 is 0 Å². The average Bonchev–Trinajstić information content (AvgIpc) is 2.75. The summed E-state index contributed by atoms with van der Waals surface area (Å²) in [5, 5.41) is 15.4. The summed E-state index contributed by atoms with van der Waals surface area (Å²) in [6.07, 6.45) is 3.51. The number of hydrogen-bond donors (Lipinski definition) is 1. The summed E-state index contributed by atoms with van der Waals surface area (Å²) >= 11 is 1.46. The van der Waals surface area contributed by atoms with Crippen LogP contribution in [-0.2, 0) is 6.61 Å². The van der Waals surface area contributed by atoms with Crippen molar-refractivity contribution in [2.24, 2.45) is 0 Å². The van der Waals surface area contributed by atoms with E-state index in [0.717, 1.165) is 5.13 Å². The van der Waals surface area contributed by atoms with Crippen LogP contribution in [0.25, 0.3) is 5.13 Å². The Kier molecular flexibility index (Phi) is 1.89. The van der Waals surface area contributed by atoms with Gasteiger partial charge in [0.1, 0.15) is 0 Å². The fourth-order valence-corrected chi connectivity index (χ4v) is 1.61. The van der Waals surface area contributed by atoms with Crippen LogP contribution >= 0.6 is 11.3 Å². The minimum atomic E-state index is -0.0161. The van der Waals surface area contributed by atoms with Crippen molar-refractivity contribution in [1.82, 2.24) is 14.8 Å². The number of aliphatic hydroxyl groups is 1. The van der Waals surface area contributed by atoms with Crippen LogP contribution in [0, 0.1) is 0 Å². The van der Waals surface area contributed by atoms with Gasteiger partial charge in [0.2, 0.25) is 5.13 Å². The molecule has 0 bridgehead atoms. The molecule has 0 aliphatic heterocycles. The maximum absolute atomic E-state index is 8.76. The maximum Gasteiger partial charge on any atom is 0.210 e. The van der Waals surface area contributed by atoms with Gasteiger partial charge in [-0.05, 0) is 6.07 Å². The molecule has 0 unspecified atom stereocenters. The Balaban J connectivity index is 2.35. The summed E-state index contributed by atoms with van der Waals surface area (Å²) in [7, 11) is 0. The largest absolute Gasteiger partial charge is 0.390 e. The molecule has 0 aliphatic carbocycles. The van der Waals surface area contributed by atoms with E-state index in [1.165, 1.54) is 11.3 Å². The Morgan fingerprint density at radius 3 is 3.08 bits per heavy atom. The van der Waals surface area contributed by atoms with Gasteiger partial charge >= 0.3 is 0 Å². The Labute approximate surface area is 73.1 Å². The molecule has 2 rings (SSSR count). The molecule has 0 atom stereocenters. The number of aliphatic hydroxyl groups excluding tert-OH is 1. The van der Waals surface area contributed by atoms with Crippen LogP contribution in [0.3, 0.4) is 0 Å². The summed E-state index contributed by atoms with van der Waals surface area (Å²) in [6, 6.07) is 1.83. The van der Waals surface area contributed by atoms with Crippen molar-refractivity contribution in [2.75, 3.05) is 0 Å². The Morgan fingerprint density at radius 2 is 2.50 bits per heavy atom. The van der Waals surface area contributed by atoms with Gasteiger partial charge in [0, 0.05) is 17.8 Å². The van der Waals surface area contributed by atoms with E-state index in [1.807, 2.05) is 17.6 Å². The molecule has 0 saturated carbocycles. The summed E-state index contributed by atoms with van der Waals surface area (Å²) in [5.41, 5.74) is 0.686. The monoisotopic (exact) mass is 181 g/mol. The van der Waals surface area contributed by atoms with E-state index in [0.29, 0.717) is 5.69 Å². The zero-order chi connectivity index (χ0) is 8.39. The highest BCUT2D eigenvalue weighted by Gasteiger charge is 2.01. The number of rotatable bonds is 2. The molecule has 0 aliphatic rings. The van der Waals surface area contributed by atoms with Gasteiger partial charge in [-0.15, -0.1) is 11.3 Å². The summed E-state index contributed by atoms with van der Waals surface area (Å²) in [6.45, 7) is -0.0161. The second kappa shape index (κ2) is 3.04. The van der Waals surface area contributed by atoms with Crippen molar-refractivity contribution in [3.05, 3.63) is 29.5 Å². The van der Waals surface area contributed by atoms with Crippen LogP contribution in [0.15, 0.2) is 23.8 Å². The number of aromatic nitrogens is 3. The molecule has 1 N–H and O–H groups in total. The third-order valence-electron chi connectivity index (χ3n) is 1.40. The number of nitrogens with zero attached hydrogens (tertiary/aromatic N) is 3. The van der Waals surface area contributed by atoms with Crippen LogP contribution < -0.4 is 0 Å². The van der Waals surface area contributed by atoms with Gasteiger partial charge in [-0.3, -0.25) is 0 Å². The van der Waals surface area contributed by atoms with Crippen LogP contribution in [0.2, 0.25) is 0 Å². The predicted molar refractivity (Wildman–Crippen MR) is 45.2 cm³/mol. The molecule has 0 saturated heterocycles. The Bertz CT molecular complexity index is 354. The predicted octanol–water partition coefficient (Wildman–Crippen LogP) is 0.821. The van der Waals surface area contributed by atoms with Gasteiger partial charge in [-0.2, -0.15) is 5.10 Å². The van der Waals surface area contributed by atoms with E-state index in [4.69, 9.17) is 5.11 Å². The van der Waals surface area contributed by atoms with E-state index in [1.54, 1.807) is 10.9 Å². The lowest BCUT2D eigenvalue weighted by molar-refractivity contribution is 0.277. The Hall–Kier alpha value is -1.20.